The van der Waals surface area contributed by atoms with E-state index in [4.69, 9.17) is 5.21 Å². The first-order valence-electron chi connectivity index (χ1n) is 3.92. The lowest BCUT2D eigenvalue weighted by molar-refractivity contribution is 0.160. The quantitative estimate of drug-likeness (QED) is 0.701. The van der Waals surface area contributed by atoms with Gasteiger partial charge in [0.25, 0.3) is 0 Å². The molecule has 0 saturated heterocycles. The molecule has 1 rings (SSSR count). The van der Waals surface area contributed by atoms with Gasteiger partial charge in [-0.15, -0.1) is 0 Å². The lowest BCUT2D eigenvalue weighted by Gasteiger charge is -2.11. The molecule has 0 unspecified atom stereocenters. The zero-order valence-electron chi connectivity index (χ0n) is 7.56. The van der Waals surface area contributed by atoms with Crippen molar-refractivity contribution in [2.75, 3.05) is 0 Å². The maximum Gasteiger partial charge on any atom is 0.120 e. The van der Waals surface area contributed by atoms with Gasteiger partial charge in [-0.3, -0.25) is 0 Å². The van der Waals surface area contributed by atoms with E-state index in [1.165, 1.54) is 0 Å². The van der Waals surface area contributed by atoms with E-state index in [-0.39, 0.29) is 12.3 Å². The summed E-state index contributed by atoms with van der Waals surface area (Å²) >= 11 is 3.41. The molecule has 0 amide bonds. The van der Waals surface area contributed by atoms with Crippen LogP contribution in [0.4, 0.5) is 0 Å². The fourth-order valence-corrected chi connectivity index (χ4v) is 1.63. The van der Waals surface area contributed by atoms with Gasteiger partial charge in [-0.2, -0.15) is 0 Å². The predicted molar refractivity (Wildman–Crippen MR) is 53.9 cm³/mol. The highest BCUT2D eigenvalue weighted by Gasteiger charge is 2.09. The fraction of sp³-hybridized carbons (Fsp3) is 0.333. The number of benzene rings is 1. The minimum atomic E-state index is 0.208. The average molecular weight is 246 g/mol. The van der Waals surface area contributed by atoms with Gasteiger partial charge in [0.1, 0.15) is 5.75 Å². The van der Waals surface area contributed by atoms with Crippen LogP contribution in [0.3, 0.4) is 0 Å². The lowest BCUT2D eigenvalue weighted by atomic mass is 10.0. The lowest BCUT2D eigenvalue weighted by Crippen LogP contribution is -2.08. The van der Waals surface area contributed by atoms with Crippen molar-refractivity contribution in [1.82, 2.24) is 5.48 Å². The molecule has 0 heterocycles. The SMILES string of the molecule is Cc1cc(O)c(CNO)c(C)c1Br. The molecule has 0 bridgehead atoms. The Bertz CT molecular complexity index is 326. The molecular formula is C9H12BrNO2. The predicted octanol–water partition coefficient (Wildman–Crippen LogP) is 2.25. The summed E-state index contributed by atoms with van der Waals surface area (Å²) in [6, 6.07) is 1.67. The van der Waals surface area contributed by atoms with Gasteiger partial charge < -0.3 is 10.3 Å². The van der Waals surface area contributed by atoms with Crippen LogP contribution < -0.4 is 5.48 Å². The van der Waals surface area contributed by atoms with Crippen molar-refractivity contribution in [3.63, 3.8) is 0 Å². The second-order valence-electron chi connectivity index (χ2n) is 2.97. The molecule has 3 N–H and O–H groups in total. The number of phenolic OH excluding ortho intramolecular Hbond substituents is 1. The van der Waals surface area contributed by atoms with Gasteiger partial charge in [-0.1, -0.05) is 15.9 Å². The minimum Gasteiger partial charge on any atom is -0.508 e. The van der Waals surface area contributed by atoms with Crippen molar-refractivity contribution in [2.24, 2.45) is 0 Å². The first-order chi connectivity index (χ1) is 6.07. The van der Waals surface area contributed by atoms with Crippen LogP contribution in [0.25, 0.3) is 0 Å². The van der Waals surface area contributed by atoms with Gasteiger partial charge in [0.2, 0.25) is 0 Å². The molecule has 0 saturated carbocycles. The van der Waals surface area contributed by atoms with Gasteiger partial charge in [-0.05, 0) is 31.0 Å². The van der Waals surface area contributed by atoms with Gasteiger partial charge in [0, 0.05) is 16.6 Å². The highest BCUT2D eigenvalue weighted by Crippen LogP contribution is 2.30. The summed E-state index contributed by atoms with van der Waals surface area (Å²) in [5, 5.41) is 18.1. The molecule has 1 aromatic rings. The Labute approximate surface area is 85.5 Å². The first kappa shape index (κ1) is 10.5. The van der Waals surface area contributed by atoms with E-state index in [1.807, 2.05) is 19.3 Å². The van der Waals surface area contributed by atoms with E-state index in [9.17, 15) is 5.11 Å². The van der Waals surface area contributed by atoms with Crippen molar-refractivity contribution >= 4 is 15.9 Å². The van der Waals surface area contributed by atoms with Crippen LogP contribution in [0.15, 0.2) is 10.5 Å². The number of rotatable bonds is 2. The minimum absolute atomic E-state index is 0.208. The van der Waals surface area contributed by atoms with E-state index < -0.39 is 0 Å². The number of aryl methyl sites for hydroxylation is 1. The Morgan fingerprint density at radius 2 is 2.08 bits per heavy atom. The molecule has 0 aromatic heterocycles. The number of aromatic hydroxyl groups is 1. The molecule has 72 valence electrons. The van der Waals surface area contributed by atoms with E-state index in [2.05, 4.69) is 15.9 Å². The number of hydrogen-bond acceptors (Lipinski definition) is 3. The normalized spacial score (nSPS) is 10.5. The van der Waals surface area contributed by atoms with Crippen LogP contribution in [0.1, 0.15) is 16.7 Å². The van der Waals surface area contributed by atoms with Crippen molar-refractivity contribution in [2.45, 2.75) is 20.4 Å². The smallest absolute Gasteiger partial charge is 0.120 e. The van der Waals surface area contributed by atoms with E-state index in [1.54, 1.807) is 6.07 Å². The number of hydroxylamine groups is 1. The molecule has 0 fully saturated rings. The monoisotopic (exact) mass is 245 g/mol. The van der Waals surface area contributed by atoms with Gasteiger partial charge >= 0.3 is 0 Å². The zero-order chi connectivity index (χ0) is 10.0. The van der Waals surface area contributed by atoms with Gasteiger partial charge in [0.05, 0.1) is 0 Å². The van der Waals surface area contributed by atoms with E-state index in [0.29, 0.717) is 5.56 Å². The molecule has 0 aliphatic carbocycles. The van der Waals surface area contributed by atoms with Crippen molar-refractivity contribution in [3.05, 3.63) is 27.2 Å². The van der Waals surface area contributed by atoms with E-state index >= 15 is 0 Å². The molecule has 3 nitrogen and oxygen atoms in total. The number of hydrogen-bond donors (Lipinski definition) is 3. The highest BCUT2D eigenvalue weighted by atomic mass is 79.9. The number of halogens is 1. The Hall–Kier alpha value is -0.580. The van der Waals surface area contributed by atoms with Gasteiger partial charge in [-0.25, -0.2) is 5.48 Å². The molecule has 0 spiro atoms. The molecule has 0 aliphatic heterocycles. The number of nitrogens with one attached hydrogen (secondary N) is 1. The van der Waals surface area contributed by atoms with Crippen LogP contribution in [0, 0.1) is 13.8 Å². The maximum absolute atomic E-state index is 9.56. The van der Waals surface area contributed by atoms with Crippen molar-refractivity contribution < 1.29 is 10.3 Å². The third-order valence-electron chi connectivity index (χ3n) is 2.05. The van der Waals surface area contributed by atoms with E-state index in [0.717, 1.165) is 15.6 Å². The summed E-state index contributed by atoms with van der Waals surface area (Å²) in [7, 11) is 0. The summed E-state index contributed by atoms with van der Waals surface area (Å²) in [6.07, 6.45) is 0. The largest absolute Gasteiger partial charge is 0.508 e. The Kier molecular flexibility index (Phi) is 3.30. The average Bonchev–Trinajstić information content (AvgIpc) is 2.09. The molecule has 4 heteroatoms. The topological polar surface area (TPSA) is 52.5 Å². The van der Waals surface area contributed by atoms with Crippen LogP contribution in [-0.2, 0) is 6.54 Å². The summed E-state index contributed by atoms with van der Waals surface area (Å²) in [5.41, 5.74) is 4.67. The molecular weight excluding hydrogens is 234 g/mol. The molecule has 0 aliphatic rings. The summed E-state index contributed by atoms with van der Waals surface area (Å²) in [4.78, 5) is 0. The Balaban J connectivity index is 3.26. The standard InChI is InChI=1S/C9H12BrNO2/c1-5-3-8(12)7(4-11-13)6(2)9(5)10/h3,11-13H,4H2,1-2H3. The molecule has 0 radical (unpaired) electrons. The van der Waals surface area contributed by atoms with Crippen molar-refractivity contribution in [3.8, 4) is 5.75 Å². The number of phenols is 1. The second kappa shape index (κ2) is 4.09. The highest BCUT2D eigenvalue weighted by molar-refractivity contribution is 9.10. The molecule has 13 heavy (non-hydrogen) atoms. The summed E-state index contributed by atoms with van der Waals surface area (Å²) in [5.74, 6) is 0.208. The summed E-state index contributed by atoms with van der Waals surface area (Å²) in [6.45, 7) is 4.05. The fourth-order valence-electron chi connectivity index (χ4n) is 1.28. The third-order valence-corrected chi connectivity index (χ3v) is 3.27. The van der Waals surface area contributed by atoms with Crippen molar-refractivity contribution in [1.29, 1.82) is 0 Å². The Morgan fingerprint density at radius 3 is 2.62 bits per heavy atom. The molecule has 1 aromatic carbocycles. The summed E-state index contributed by atoms with van der Waals surface area (Å²) < 4.78 is 0.968. The van der Waals surface area contributed by atoms with Crippen LogP contribution >= 0.6 is 15.9 Å². The Morgan fingerprint density at radius 1 is 1.46 bits per heavy atom. The first-order valence-corrected chi connectivity index (χ1v) is 4.71. The third kappa shape index (κ3) is 2.02. The van der Waals surface area contributed by atoms with Gasteiger partial charge in [0.15, 0.2) is 0 Å². The maximum atomic E-state index is 9.56. The molecule has 0 atom stereocenters. The van der Waals surface area contributed by atoms with Crippen LogP contribution in [0.2, 0.25) is 0 Å². The van der Waals surface area contributed by atoms with Crippen LogP contribution in [-0.4, -0.2) is 10.3 Å². The zero-order valence-corrected chi connectivity index (χ0v) is 9.14. The second-order valence-corrected chi connectivity index (χ2v) is 3.76. The van der Waals surface area contributed by atoms with Crippen LogP contribution in [0.5, 0.6) is 5.75 Å².